The molecule has 1 fully saturated rings. The zero-order valence-corrected chi connectivity index (χ0v) is 13.0. The number of nitrogens with one attached hydrogen (secondary N) is 2. The van der Waals surface area contributed by atoms with Crippen LogP contribution in [0, 0.1) is 5.82 Å². The van der Waals surface area contributed by atoms with E-state index >= 15 is 0 Å². The first-order valence-corrected chi connectivity index (χ1v) is 7.66. The van der Waals surface area contributed by atoms with Crippen molar-refractivity contribution >= 4 is 23.3 Å². The number of carbonyl (C=O) groups excluding carboxylic acids is 1. The van der Waals surface area contributed by atoms with E-state index in [1.54, 1.807) is 0 Å². The van der Waals surface area contributed by atoms with Crippen molar-refractivity contribution in [3.05, 3.63) is 64.9 Å². The molecule has 2 aromatic carbocycles. The number of urea groups is 1. The summed E-state index contributed by atoms with van der Waals surface area (Å²) >= 11 is 5.90. The van der Waals surface area contributed by atoms with Gasteiger partial charge in [-0.25, -0.2) is 9.18 Å². The molecule has 2 aromatic rings. The van der Waals surface area contributed by atoms with Gasteiger partial charge in [-0.05, 0) is 42.0 Å². The minimum atomic E-state index is -0.344. The number of rotatable bonds is 3. The Kier molecular flexibility index (Phi) is 4.79. The lowest BCUT2D eigenvalue weighted by Crippen LogP contribution is -2.41. The molecule has 0 aromatic heterocycles. The second-order valence-corrected chi connectivity index (χ2v) is 5.84. The first-order chi connectivity index (χ1) is 11.1. The summed E-state index contributed by atoms with van der Waals surface area (Å²) in [4.78, 5) is 12.1. The van der Waals surface area contributed by atoms with Crippen LogP contribution in [0.3, 0.4) is 0 Å². The standard InChI is InChI=1S/C17H16ClFN2O2/c18-12-3-1-11(2-4-12)15-9-23-10-16(15)21-17(22)20-14-7-5-13(19)6-8-14/h1-8,15-16H,9-10H2,(H2,20,21,22)/t15?,16-/m0/s1. The minimum Gasteiger partial charge on any atom is -0.379 e. The van der Waals surface area contributed by atoms with E-state index < -0.39 is 0 Å². The van der Waals surface area contributed by atoms with Crippen molar-refractivity contribution in [3.8, 4) is 0 Å². The maximum Gasteiger partial charge on any atom is 0.319 e. The molecule has 0 spiro atoms. The second kappa shape index (κ2) is 6.98. The van der Waals surface area contributed by atoms with E-state index in [-0.39, 0.29) is 23.8 Å². The molecule has 1 aliphatic heterocycles. The van der Waals surface area contributed by atoms with Gasteiger partial charge in [0.1, 0.15) is 5.82 Å². The molecule has 1 unspecified atom stereocenters. The average Bonchev–Trinajstić information content (AvgIpc) is 2.98. The van der Waals surface area contributed by atoms with E-state index in [1.807, 2.05) is 24.3 Å². The number of halogens is 2. The Morgan fingerprint density at radius 1 is 1.09 bits per heavy atom. The summed E-state index contributed by atoms with van der Waals surface area (Å²) in [5, 5.41) is 6.26. The molecule has 6 heteroatoms. The third-order valence-electron chi connectivity index (χ3n) is 3.80. The molecule has 0 aliphatic carbocycles. The van der Waals surface area contributed by atoms with Crippen molar-refractivity contribution < 1.29 is 13.9 Å². The molecule has 0 radical (unpaired) electrons. The van der Waals surface area contributed by atoms with Gasteiger partial charge in [-0.1, -0.05) is 23.7 Å². The summed E-state index contributed by atoms with van der Waals surface area (Å²) in [5.74, 6) is -0.269. The normalized spacial score (nSPS) is 20.3. The van der Waals surface area contributed by atoms with E-state index in [9.17, 15) is 9.18 Å². The quantitative estimate of drug-likeness (QED) is 0.897. The number of amides is 2. The fourth-order valence-electron chi connectivity index (χ4n) is 2.60. The first kappa shape index (κ1) is 15.8. The van der Waals surface area contributed by atoms with Crippen molar-refractivity contribution in [3.63, 3.8) is 0 Å². The number of hydrogen-bond acceptors (Lipinski definition) is 2. The molecule has 3 rings (SSSR count). The molecule has 120 valence electrons. The molecule has 1 saturated heterocycles. The van der Waals surface area contributed by atoms with Gasteiger partial charge >= 0.3 is 6.03 Å². The molecular weight excluding hydrogens is 319 g/mol. The number of benzene rings is 2. The van der Waals surface area contributed by atoms with Crippen molar-refractivity contribution in [2.24, 2.45) is 0 Å². The number of anilines is 1. The zero-order valence-electron chi connectivity index (χ0n) is 12.3. The molecule has 1 aliphatic rings. The Morgan fingerprint density at radius 3 is 2.48 bits per heavy atom. The van der Waals surface area contributed by atoms with Crippen LogP contribution < -0.4 is 10.6 Å². The Hall–Kier alpha value is -2.11. The van der Waals surface area contributed by atoms with Crippen molar-refractivity contribution in [1.82, 2.24) is 5.32 Å². The van der Waals surface area contributed by atoms with Gasteiger partial charge in [-0.2, -0.15) is 0 Å². The van der Waals surface area contributed by atoms with E-state index in [0.29, 0.717) is 23.9 Å². The van der Waals surface area contributed by atoms with Gasteiger partial charge in [-0.3, -0.25) is 0 Å². The number of ether oxygens (including phenoxy) is 1. The van der Waals surface area contributed by atoms with E-state index in [4.69, 9.17) is 16.3 Å². The van der Waals surface area contributed by atoms with Crippen LogP contribution in [0.1, 0.15) is 11.5 Å². The molecule has 2 N–H and O–H groups in total. The van der Waals surface area contributed by atoms with Crippen LogP contribution in [0.25, 0.3) is 0 Å². The largest absolute Gasteiger partial charge is 0.379 e. The Bertz CT molecular complexity index is 676. The van der Waals surface area contributed by atoms with E-state index in [2.05, 4.69) is 10.6 Å². The summed E-state index contributed by atoms with van der Waals surface area (Å²) in [5.41, 5.74) is 1.60. The van der Waals surface area contributed by atoms with E-state index in [0.717, 1.165) is 5.56 Å². The molecule has 2 atom stereocenters. The predicted molar refractivity (Wildman–Crippen MR) is 87.4 cm³/mol. The van der Waals surface area contributed by atoms with Gasteiger partial charge in [0.25, 0.3) is 0 Å². The van der Waals surface area contributed by atoms with Crippen LogP contribution in [0.4, 0.5) is 14.9 Å². The first-order valence-electron chi connectivity index (χ1n) is 7.28. The van der Waals surface area contributed by atoms with Gasteiger partial charge < -0.3 is 15.4 Å². The lowest BCUT2D eigenvalue weighted by Gasteiger charge is -2.20. The molecule has 0 bridgehead atoms. The van der Waals surface area contributed by atoms with Crippen molar-refractivity contribution in [2.75, 3.05) is 18.5 Å². The fraction of sp³-hybridized carbons (Fsp3) is 0.235. The highest BCUT2D eigenvalue weighted by Gasteiger charge is 2.30. The highest BCUT2D eigenvalue weighted by Crippen LogP contribution is 2.27. The van der Waals surface area contributed by atoms with Crippen LogP contribution >= 0.6 is 11.6 Å². The van der Waals surface area contributed by atoms with Crippen LogP contribution in [0.5, 0.6) is 0 Å². The Labute approximate surface area is 138 Å². The second-order valence-electron chi connectivity index (χ2n) is 5.41. The van der Waals surface area contributed by atoms with E-state index in [1.165, 1.54) is 24.3 Å². The van der Waals surface area contributed by atoms with Crippen LogP contribution in [-0.4, -0.2) is 25.3 Å². The van der Waals surface area contributed by atoms with Gasteiger partial charge in [0, 0.05) is 16.6 Å². The highest BCUT2D eigenvalue weighted by molar-refractivity contribution is 6.30. The lowest BCUT2D eigenvalue weighted by atomic mass is 9.94. The predicted octanol–water partition coefficient (Wildman–Crippen LogP) is 3.78. The summed E-state index contributed by atoms with van der Waals surface area (Å²) in [6.45, 7) is 0.993. The topological polar surface area (TPSA) is 50.4 Å². The Balaban J connectivity index is 1.62. The molecular formula is C17H16ClFN2O2. The van der Waals surface area contributed by atoms with Crippen LogP contribution in [-0.2, 0) is 4.74 Å². The van der Waals surface area contributed by atoms with Crippen molar-refractivity contribution in [1.29, 1.82) is 0 Å². The smallest absolute Gasteiger partial charge is 0.319 e. The maximum atomic E-state index is 12.9. The number of carbonyl (C=O) groups is 1. The van der Waals surface area contributed by atoms with Gasteiger partial charge in [-0.15, -0.1) is 0 Å². The SMILES string of the molecule is O=C(Nc1ccc(F)cc1)N[C@H]1COCC1c1ccc(Cl)cc1. The van der Waals surface area contributed by atoms with Crippen LogP contribution in [0.15, 0.2) is 48.5 Å². The molecule has 23 heavy (non-hydrogen) atoms. The van der Waals surface area contributed by atoms with Gasteiger partial charge in [0.05, 0.1) is 19.3 Å². The third kappa shape index (κ3) is 4.00. The lowest BCUT2D eigenvalue weighted by molar-refractivity contribution is 0.187. The average molecular weight is 335 g/mol. The maximum absolute atomic E-state index is 12.9. The fourth-order valence-corrected chi connectivity index (χ4v) is 2.73. The molecule has 4 nitrogen and oxygen atoms in total. The van der Waals surface area contributed by atoms with Gasteiger partial charge in [0.2, 0.25) is 0 Å². The summed E-state index contributed by atoms with van der Waals surface area (Å²) in [7, 11) is 0. The van der Waals surface area contributed by atoms with Gasteiger partial charge in [0.15, 0.2) is 0 Å². The summed E-state index contributed by atoms with van der Waals surface area (Å²) in [6.07, 6.45) is 0. The summed E-state index contributed by atoms with van der Waals surface area (Å²) in [6, 6.07) is 12.7. The van der Waals surface area contributed by atoms with Crippen molar-refractivity contribution in [2.45, 2.75) is 12.0 Å². The minimum absolute atomic E-state index is 0.0752. The third-order valence-corrected chi connectivity index (χ3v) is 4.05. The highest BCUT2D eigenvalue weighted by atomic mass is 35.5. The summed E-state index contributed by atoms with van der Waals surface area (Å²) < 4.78 is 18.4. The monoisotopic (exact) mass is 334 g/mol. The molecule has 0 saturated carbocycles. The molecule has 2 amide bonds. The number of hydrogen-bond donors (Lipinski definition) is 2. The molecule has 1 heterocycles. The zero-order chi connectivity index (χ0) is 16.2. The van der Waals surface area contributed by atoms with Crippen LogP contribution in [0.2, 0.25) is 5.02 Å². The Morgan fingerprint density at radius 2 is 1.78 bits per heavy atom.